The van der Waals surface area contributed by atoms with Crippen LogP contribution in [-0.2, 0) is 0 Å². The molecule has 0 spiro atoms. The van der Waals surface area contributed by atoms with Crippen molar-refractivity contribution in [3.63, 3.8) is 0 Å². The fourth-order valence-corrected chi connectivity index (χ4v) is 2.41. The number of hydrogen-bond donors (Lipinski definition) is 1. The quantitative estimate of drug-likeness (QED) is 0.903. The van der Waals surface area contributed by atoms with Gasteiger partial charge in [0.2, 0.25) is 0 Å². The number of benzene rings is 2. The maximum absolute atomic E-state index is 9.57. The van der Waals surface area contributed by atoms with E-state index in [4.69, 9.17) is 0 Å². The summed E-state index contributed by atoms with van der Waals surface area (Å²) in [4.78, 5) is 0. The van der Waals surface area contributed by atoms with E-state index in [1.54, 1.807) is 0 Å². The molecule has 0 fully saturated rings. The van der Waals surface area contributed by atoms with Crippen molar-refractivity contribution in [3.05, 3.63) is 71.8 Å². The average Bonchev–Trinajstić information content (AvgIpc) is 2.49. The first-order valence-electron chi connectivity index (χ1n) is 6.41. The minimum Gasteiger partial charge on any atom is -0.302 e. The molecule has 0 aliphatic rings. The SMILES string of the molecule is CNC(C)(C#N)C(c1ccccc1)c1ccccc1. The summed E-state index contributed by atoms with van der Waals surface area (Å²) in [5.74, 6) is 0.00454. The van der Waals surface area contributed by atoms with Gasteiger partial charge in [0.15, 0.2) is 0 Å². The average molecular weight is 250 g/mol. The second-order valence-electron chi connectivity index (χ2n) is 4.82. The van der Waals surface area contributed by atoms with Gasteiger partial charge < -0.3 is 5.32 Å². The Labute approximate surface area is 114 Å². The van der Waals surface area contributed by atoms with E-state index in [2.05, 4.69) is 35.7 Å². The second kappa shape index (κ2) is 5.69. The molecule has 0 aliphatic carbocycles. The predicted octanol–water partition coefficient (Wildman–Crippen LogP) is 3.32. The van der Waals surface area contributed by atoms with Crippen LogP contribution in [0.15, 0.2) is 60.7 Å². The molecule has 2 aromatic rings. The van der Waals surface area contributed by atoms with Crippen LogP contribution >= 0.6 is 0 Å². The van der Waals surface area contributed by atoms with E-state index in [1.165, 1.54) is 0 Å². The minimum absolute atomic E-state index is 0.00454. The monoisotopic (exact) mass is 250 g/mol. The molecule has 0 saturated heterocycles. The molecule has 0 heterocycles. The maximum Gasteiger partial charge on any atom is 0.114 e. The lowest BCUT2D eigenvalue weighted by Gasteiger charge is -2.32. The van der Waals surface area contributed by atoms with Crippen molar-refractivity contribution in [2.45, 2.75) is 18.4 Å². The first-order chi connectivity index (χ1) is 9.21. The van der Waals surface area contributed by atoms with Crippen LogP contribution < -0.4 is 5.32 Å². The van der Waals surface area contributed by atoms with Gasteiger partial charge >= 0.3 is 0 Å². The lowest BCUT2D eigenvalue weighted by Crippen LogP contribution is -2.44. The van der Waals surface area contributed by atoms with Crippen molar-refractivity contribution in [1.29, 1.82) is 5.26 Å². The van der Waals surface area contributed by atoms with Crippen molar-refractivity contribution in [3.8, 4) is 6.07 Å². The molecule has 1 atom stereocenters. The Morgan fingerprint density at radius 1 is 0.947 bits per heavy atom. The topological polar surface area (TPSA) is 35.8 Å². The standard InChI is InChI=1S/C17H18N2/c1-17(13-18,19-2)16(14-9-5-3-6-10-14)15-11-7-4-8-12-15/h3-12,16,19H,1-2H3. The second-order valence-corrected chi connectivity index (χ2v) is 4.82. The molecular weight excluding hydrogens is 232 g/mol. The molecule has 19 heavy (non-hydrogen) atoms. The van der Waals surface area contributed by atoms with E-state index in [0.29, 0.717) is 0 Å². The third-order valence-corrected chi connectivity index (χ3v) is 3.59. The van der Waals surface area contributed by atoms with E-state index < -0.39 is 5.54 Å². The molecule has 96 valence electrons. The van der Waals surface area contributed by atoms with Gasteiger partial charge in [-0.3, -0.25) is 0 Å². The summed E-state index contributed by atoms with van der Waals surface area (Å²) in [5, 5.41) is 12.7. The highest BCUT2D eigenvalue weighted by molar-refractivity contribution is 5.39. The molecule has 0 radical (unpaired) electrons. The van der Waals surface area contributed by atoms with Crippen molar-refractivity contribution < 1.29 is 0 Å². The van der Waals surface area contributed by atoms with Crippen LogP contribution in [0.2, 0.25) is 0 Å². The summed E-state index contributed by atoms with van der Waals surface area (Å²) in [6.45, 7) is 1.94. The number of nitriles is 1. The normalized spacial score (nSPS) is 13.8. The lowest BCUT2D eigenvalue weighted by atomic mass is 9.77. The number of hydrogen-bond acceptors (Lipinski definition) is 2. The molecule has 0 saturated carbocycles. The summed E-state index contributed by atoms with van der Waals surface area (Å²) >= 11 is 0. The van der Waals surface area contributed by atoms with E-state index in [-0.39, 0.29) is 5.92 Å². The maximum atomic E-state index is 9.57. The summed E-state index contributed by atoms with van der Waals surface area (Å²) in [6, 6.07) is 22.7. The van der Waals surface area contributed by atoms with Crippen LogP contribution in [0.5, 0.6) is 0 Å². The first-order valence-corrected chi connectivity index (χ1v) is 6.41. The number of likely N-dealkylation sites (N-methyl/N-ethyl adjacent to an activating group) is 1. The van der Waals surface area contributed by atoms with E-state index >= 15 is 0 Å². The molecule has 1 unspecified atom stereocenters. The minimum atomic E-state index is -0.636. The van der Waals surface area contributed by atoms with Gasteiger partial charge in [0.1, 0.15) is 5.54 Å². The molecule has 1 N–H and O–H groups in total. The van der Waals surface area contributed by atoms with Gasteiger partial charge in [0.05, 0.1) is 6.07 Å². The number of rotatable bonds is 4. The Bertz CT molecular complexity index is 517. The van der Waals surface area contributed by atoms with Gasteiger partial charge in [-0.2, -0.15) is 5.26 Å². The van der Waals surface area contributed by atoms with E-state index in [1.807, 2.05) is 50.4 Å². The Morgan fingerprint density at radius 2 is 1.37 bits per heavy atom. The van der Waals surface area contributed by atoms with Gasteiger partial charge in [-0.1, -0.05) is 60.7 Å². The van der Waals surface area contributed by atoms with Gasteiger partial charge in [-0.05, 0) is 25.1 Å². The molecular formula is C17H18N2. The molecule has 0 bridgehead atoms. The van der Waals surface area contributed by atoms with Gasteiger partial charge in [-0.25, -0.2) is 0 Å². The largest absolute Gasteiger partial charge is 0.302 e. The van der Waals surface area contributed by atoms with Crippen molar-refractivity contribution >= 4 is 0 Å². The van der Waals surface area contributed by atoms with Gasteiger partial charge in [-0.15, -0.1) is 0 Å². The zero-order valence-electron chi connectivity index (χ0n) is 11.3. The van der Waals surface area contributed by atoms with Crippen molar-refractivity contribution in [1.82, 2.24) is 5.32 Å². The molecule has 0 amide bonds. The zero-order chi connectivity index (χ0) is 13.7. The van der Waals surface area contributed by atoms with Gasteiger partial charge in [0.25, 0.3) is 0 Å². The third-order valence-electron chi connectivity index (χ3n) is 3.59. The third kappa shape index (κ3) is 2.67. The Kier molecular flexibility index (Phi) is 3.99. The highest BCUT2D eigenvalue weighted by Crippen LogP contribution is 2.34. The fourth-order valence-electron chi connectivity index (χ4n) is 2.41. The molecule has 2 aromatic carbocycles. The Morgan fingerprint density at radius 3 is 1.68 bits per heavy atom. The summed E-state index contributed by atoms with van der Waals surface area (Å²) in [6.07, 6.45) is 0. The molecule has 2 rings (SSSR count). The van der Waals surface area contributed by atoms with Crippen LogP contribution in [0, 0.1) is 11.3 Å². The Hall–Kier alpha value is -2.11. The van der Waals surface area contributed by atoms with E-state index in [9.17, 15) is 5.26 Å². The van der Waals surface area contributed by atoms with Crippen LogP contribution in [0.3, 0.4) is 0 Å². The highest BCUT2D eigenvalue weighted by atomic mass is 14.9. The van der Waals surface area contributed by atoms with Crippen LogP contribution in [-0.4, -0.2) is 12.6 Å². The highest BCUT2D eigenvalue weighted by Gasteiger charge is 2.35. The molecule has 0 aliphatic heterocycles. The molecule has 2 nitrogen and oxygen atoms in total. The fraction of sp³-hybridized carbons (Fsp3) is 0.235. The number of nitrogens with zero attached hydrogens (tertiary/aromatic N) is 1. The van der Waals surface area contributed by atoms with Crippen molar-refractivity contribution in [2.24, 2.45) is 0 Å². The molecule has 0 aromatic heterocycles. The van der Waals surface area contributed by atoms with Crippen LogP contribution in [0.4, 0.5) is 0 Å². The first kappa shape index (κ1) is 13.3. The number of nitrogens with one attached hydrogen (secondary N) is 1. The summed E-state index contributed by atoms with van der Waals surface area (Å²) < 4.78 is 0. The van der Waals surface area contributed by atoms with E-state index in [0.717, 1.165) is 11.1 Å². The summed E-state index contributed by atoms with van der Waals surface area (Å²) in [5.41, 5.74) is 1.65. The van der Waals surface area contributed by atoms with Crippen LogP contribution in [0.1, 0.15) is 24.0 Å². The Balaban J connectivity index is 2.56. The lowest BCUT2D eigenvalue weighted by molar-refractivity contribution is 0.438. The van der Waals surface area contributed by atoms with Crippen LogP contribution in [0.25, 0.3) is 0 Å². The van der Waals surface area contributed by atoms with Crippen molar-refractivity contribution in [2.75, 3.05) is 7.05 Å². The predicted molar refractivity (Wildman–Crippen MR) is 77.8 cm³/mol. The zero-order valence-corrected chi connectivity index (χ0v) is 11.3. The molecule has 2 heteroatoms. The van der Waals surface area contributed by atoms with Gasteiger partial charge in [0, 0.05) is 5.92 Å². The summed E-state index contributed by atoms with van der Waals surface area (Å²) in [7, 11) is 1.84. The smallest absolute Gasteiger partial charge is 0.114 e.